The van der Waals surface area contributed by atoms with Crippen LogP contribution < -0.4 is 10.6 Å². The number of carbonyl (C=O) groups is 1. The maximum absolute atomic E-state index is 12.2. The van der Waals surface area contributed by atoms with E-state index < -0.39 is 0 Å². The van der Waals surface area contributed by atoms with Gasteiger partial charge in [-0.1, -0.05) is 29.8 Å². The van der Waals surface area contributed by atoms with Gasteiger partial charge in [-0.3, -0.25) is 4.79 Å². The van der Waals surface area contributed by atoms with Crippen molar-refractivity contribution in [2.24, 2.45) is 0 Å². The van der Waals surface area contributed by atoms with Crippen molar-refractivity contribution in [2.75, 3.05) is 11.9 Å². The van der Waals surface area contributed by atoms with Crippen molar-refractivity contribution in [2.45, 2.75) is 27.3 Å². The lowest BCUT2D eigenvalue weighted by atomic mass is 10.1. The van der Waals surface area contributed by atoms with Crippen LogP contribution >= 0.6 is 0 Å². The first-order chi connectivity index (χ1) is 10.1. The number of aryl methyl sites for hydroxylation is 2. The standard InChI is InChI=1S/C17H21N3O/c1-4-18-16-10-15(9-13(3)20-16)17(21)19-11-14-7-5-12(2)6-8-14/h5-10H,4,11H2,1-3H3,(H,18,20)(H,19,21). The van der Waals surface area contributed by atoms with Gasteiger partial charge >= 0.3 is 0 Å². The Hall–Kier alpha value is -2.36. The molecule has 4 nitrogen and oxygen atoms in total. The van der Waals surface area contributed by atoms with E-state index in [1.165, 1.54) is 5.56 Å². The molecule has 1 aromatic carbocycles. The van der Waals surface area contributed by atoms with Crippen LogP contribution in [0, 0.1) is 13.8 Å². The van der Waals surface area contributed by atoms with Crippen LogP contribution in [-0.2, 0) is 6.54 Å². The molecule has 0 bridgehead atoms. The van der Waals surface area contributed by atoms with Crippen LogP contribution in [0.4, 0.5) is 5.82 Å². The minimum Gasteiger partial charge on any atom is -0.370 e. The van der Waals surface area contributed by atoms with E-state index in [2.05, 4.69) is 15.6 Å². The van der Waals surface area contributed by atoms with Crippen molar-refractivity contribution in [1.82, 2.24) is 10.3 Å². The van der Waals surface area contributed by atoms with Gasteiger partial charge in [0.1, 0.15) is 5.82 Å². The highest BCUT2D eigenvalue weighted by atomic mass is 16.1. The number of hydrogen-bond donors (Lipinski definition) is 2. The topological polar surface area (TPSA) is 54.0 Å². The fourth-order valence-corrected chi connectivity index (χ4v) is 2.06. The predicted octanol–water partition coefficient (Wildman–Crippen LogP) is 3.06. The monoisotopic (exact) mass is 283 g/mol. The lowest BCUT2D eigenvalue weighted by Gasteiger charge is -2.09. The van der Waals surface area contributed by atoms with Gasteiger partial charge in [0.2, 0.25) is 0 Å². The molecule has 0 aliphatic heterocycles. The van der Waals surface area contributed by atoms with Crippen molar-refractivity contribution in [1.29, 1.82) is 0 Å². The fourth-order valence-electron chi connectivity index (χ4n) is 2.06. The first-order valence-electron chi connectivity index (χ1n) is 7.15. The summed E-state index contributed by atoms with van der Waals surface area (Å²) in [6.45, 7) is 7.24. The quantitative estimate of drug-likeness (QED) is 0.886. The molecule has 0 aliphatic carbocycles. The molecule has 4 heteroatoms. The lowest BCUT2D eigenvalue weighted by Crippen LogP contribution is -2.23. The smallest absolute Gasteiger partial charge is 0.251 e. The van der Waals surface area contributed by atoms with Gasteiger partial charge in [-0.2, -0.15) is 0 Å². The zero-order valence-corrected chi connectivity index (χ0v) is 12.7. The Morgan fingerprint density at radius 2 is 1.86 bits per heavy atom. The molecule has 0 aliphatic rings. The summed E-state index contributed by atoms with van der Waals surface area (Å²) in [5, 5.41) is 6.07. The van der Waals surface area contributed by atoms with E-state index in [0.29, 0.717) is 12.1 Å². The molecule has 0 atom stereocenters. The average molecular weight is 283 g/mol. The van der Waals surface area contributed by atoms with Crippen LogP contribution in [-0.4, -0.2) is 17.4 Å². The van der Waals surface area contributed by atoms with Gasteiger partial charge in [0, 0.05) is 24.3 Å². The number of carbonyl (C=O) groups excluding carboxylic acids is 1. The van der Waals surface area contributed by atoms with E-state index in [0.717, 1.165) is 23.6 Å². The Morgan fingerprint density at radius 3 is 2.52 bits per heavy atom. The van der Waals surface area contributed by atoms with E-state index in [4.69, 9.17) is 0 Å². The summed E-state index contributed by atoms with van der Waals surface area (Å²) in [5.41, 5.74) is 3.76. The first kappa shape index (κ1) is 15.0. The zero-order valence-electron chi connectivity index (χ0n) is 12.7. The maximum Gasteiger partial charge on any atom is 0.251 e. The van der Waals surface area contributed by atoms with Crippen LogP contribution in [0.1, 0.15) is 34.1 Å². The summed E-state index contributed by atoms with van der Waals surface area (Å²) < 4.78 is 0. The molecular formula is C17H21N3O. The summed E-state index contributed by atoms with van der Waals surface area (Å²) in [7, 11) is 0. The van der Waals surface area contributed by atoms with Crippen molar-refractivity contribution >= 4 is 11.7 Å². The molecule has 2 aromatic rings. The molecule has 1 aromatic heterocycles. The van der Waals surface area contributed by atoms with Gasteiger partial charge in [0.25, 0.3) is 5.91 Å². The minimum absolute atomic E-state index is 0.0831. The number of rotatable bonds is 5. The lowest BCUT2D eigenvalue weighted by molar-refractivity contribution is 0.0950. The number of nitrogens with one attached hydrogen (secondary N) is 2. The molecule has 0 spiro atoms. The number of nitrogens with zero attached hydrogens (tertiary/aromatic N) is 1. The molecule has 21 heavy (non-hydrogen) atoms. The summed E-state index contributed by atoms with van der Waals surface area (Å²) >= 11 is 0. The van der Waals surface area contributed by atoms with Crippen molar-refractivity contribution < 1.29 is 4.79 Å². The zero-order chi connectivity index (χ0) is 15.2. The molecular weight excluding hydrogens is 262 g/mol. The molecule has 0 unspecified atom stereocenters. The van der Waals surface area contributed by atoms with Gasteiger partial charge in [0.05, 0.1) is 0 Å². The third kappa shape index (κ3) is 4.31. The maximum atomic E-state index is 12.2. The summed E-state index contributed by atoms with van der Waals surface area (Å²) in [4.78, 5) is 16.6. The Labute approximate surface area is 125 Å². The largest absolute Gasteiger partial charge is 0.370 e. The molecule has 1 amide bonds. The van der Waals surface area contributed by atoms with E-state index >= 15 is 0 Å². The van der Waals surface area contributed by atoms with Gasteiger partial charge in [-0.05, 0) is 38.5 Å². The predicted molar refractivity (Wildman–Crippen MR) is 85.5 cm³/mol. The average Bonchev–Trinajstić information content (AvgIpc) is 2.46. The van der Waals surface area contributed by atoms with Crippen LogP contribution in [0.15, 0.2) is 36.4 Å². The molecule has 0 fully saturated rings. The van der Waals surface area contributed by atoms with Gasteiger partial charge in [0.15, 0.2) is 0 Å². The van der Waals surface area contributed by atoms with Crippen molar-refractivity contribution in [3.63, 3.8) is 0 Å². The Balaban J connectivity index is 2.04. The number of amides is 1. The van der Waals surface area contributed by atoms with Crippen molar-refractivity contribution in [3.8, 4) is 0 Å². The second-order valence-electron chi connectivity index (χ2n) is 5.08. The Morgan fingerprint density at radius 1 is 1.14 bits per heavy atom. The van der Waals surface area contributed by atoms with Crippen LogP contribution in [0.25, 0.3) is 0 Å². The van der Waals surface area contributed by atoms with Gasteiger partial charge in [-0.25, -0.2) is 4.98 Å². The number of anilines is 1. The number of benzene rings is 1. The SMILES string of the molecule is CCNc1cc(C(=O)NCc2ccc(C)cc2)cc(C)n1. The highest BCUT2D eigenvalue weighted by Crippen LogP contribution is 2.10. The molecule has 0 radical (unpaired) electrons. The molecule has 2 N–H and O–H groups in total. The Kier molecular flexibility index (Phi) is 4.93. The third-order valence-corrected chi connectivity index (χ3v) is 3.15. The van der Waals surface area contributed by atoms with Crippen LogP contribution in [0.2, 0.25) is 0 Å². The molecule has 2 rings (SSSR count). The van der Waals surface area contributed by atoms with E-state index in [1.807, 2.05) is 45.0 Å². The highest BCUT2D eigenvalue weighted by molar-refractivity contribution is 5.94. The molecule has 110 valence electrons. The van der Waals surface area contributed by atoms with Crippen molar-refractivity contribution in [3.05, 3.63) is 58.8 Å². The Bertz CT molecular complexity index is 620. The van der Waals surface area contributed by atoms with Gasteiger partial charge < -0.3 is 10.6 Å². The second-order valence-corrected chi connectivity index (χ2v) is 5.08. The van der Waals surface area contributed by atoms with E-state index in [1.54, 1.807) is 12.1 Å². The number of aromatic nitrogens is 1. The second kappa shape index (κ2) is 6.88. The summed E-state index contributed by atoms with van der Waals surface area (Å²) in [6, 6.07) is 11.7. The fraction of sp³-hybridized carbons (Fsp3) is 0.294. The highest BCUT2D eigenvalue weighted by Gasteiger charge is 2.08. The number of hydrogen-bond acceptors (Lipinski definition) is 3. The third-order valence-electron chi connectivity index (χ3n) is 3.15. The number of pyridine rings is 1. The molecule has 0 saturated carbocycles. The van der Waals surface area contributed by atoms with Crippen LogP contribution in [0.3, 0.4) is 0 Å². The summed E-state index contributed by atoms with van der Waals surface area (Å²) in [5.74, 6) is 0.651. The normalized spacial score (nSPS) is 10.2. The molecule has 0 saturated heterocycles. The first-order valence-corrected chi connectivity index (χ1v) is 7.15. The minimum atomic E-state index is -0.0831. The van der Waals surface area contributed by atoms with E-state index in [9.17, 15) is 4.79 Å². The summed E-state index contributed by atoms with van der Waals surface area (Å²) in [6.07, 6.45) is 0. The van der Waals surface area contributed by atoms with Gasteiger partial charge in [-0.15, -0.1) is 0 Å². The van der Waals surface area contributed by atoms with E-state index in [-0.39, 0.29) is 5.91 Å². The van der Waals surface area contributed by atoms with Crippen LogP contribution in [0.5, 0.6) is 0 Å². The molecule has 1 heterocycles.